The highest BCUT2D eigenvalue weighted by Gasteiger charge is 2.59. The average molecular weight is 312 g/mol. The molecule has 0 spiro atoms. The number of hydrogen-bond acceptors (Lipinski definition) is 5. The van der Waals surface area contributed by atoms with Crippen LogP contribution in [0.1, 0.15) is 12.0 Å². The van der Waals surface area contributed by atoms with Gasteiger partial charge in [0.2, 0.25) is 0 Å². The summed E-state index contributed by atoms with van der Waals surface area (Å²) in [5.74, 6) is -0.223. The van der Waals surface area contributed by atoms with Crippen LogP contribution in [0.2, 0.25) is 0 Å². The number of fused-ring (bicyclic) bond motifs is 5. The van der Waals surface area contributed by atoms with Gasteiger partial charge in [0, 0.05) is 0 Å². The van der Waals surface area contributed by atoms with E-state index in [1.165, 1.54) is 19.4 Å². The summed E-state index contributed by atoms with van der Waals surface area (Å²) in [5.41, 5.74) is 0.637. The molecule has 118 valence electrons. The molecule has 23 heavy (non-hydrogen) atoms. The zero-order chi connectivity index (χ0) is 16.1. The number of amides is 2. The first kappa shape index (κ1) is 14.0. The monoisotopic (exact) mass is 312 g/mol. The van der Waals surface area contributed by atoms with Gasteiger partial charge in [-0.25, -0.2) is 0 Å². The number of phenols is 1. The van der Waals surface area contributed by atoms with Crippen molar-refractivity contribution in [3.8, 4) is 11.5 Å². The van der Waals surface area contributed by atoms with Crippen molar-refractivity contribution < 1.29 is 19.4 Å². The summed E-state index contributed by atoms with van der Waals surface area (Å²) in [6.07, 6.45) is 6.44. The Bertz CT molecular complexity index is 725. The molecule has 0 aromatic heterocycles. The lowest BCUT2D eigenvalue weighted by molar-refractivity contribution is -0.140. The van der Waals surface area contributed by atoms with Crippen molar-refractivity contribution in [1.29, 1.82) is 0 Å². The molecule has 0 radical (unpaired) electrons. The Labute approximate surface area is 133 Å². The van der Waals surface area contributed by atoms with E-state index in [0.29, 0.717) is 11.3 Å². The summed E-state index contributed by atoms with van der Waals surface area (Å²) >= 11 is 0. The van der Waals surface area contributed by atoms with E-state index in [-0.39, 0.29) is 41.2 Å². The molecule has 4 rings (SSSR count). The maximum atomic E-state index is 12.5. The van der Waals surface area contributed by atoms with Crippen molar-refractivity contribution in [1.82, 2.24) is 5.01 Å². The number of aromatic hydroxyl groups is 1. The third-order valence-electron chi connectivity index (χ3n) is 4.97. The largest absolute Gasteiger partial charge is 0.504 e. The summed E-state index contributed by atoms with van der Waals surface area (Å²) in [5, 5.41) is 14.7. The zero-order valence-electron chi connectivity index (χ0n) is 12.5. The molecule has 6 nitrogen and oxygen atoms in total. The number of hydrazone groups is 1. The van der Waals surface area contributed by atoms with Crippen LogP contribution in [-0.4, -0.2) is 35.3 Å². The predicted octanol–water partition coefficient (Wildman–Crippen LogP) is 1.54. The normalized spacial score (nSPS) is 31.4. The van der Waals surface area contributed by atoms with E-state index in [1.807, 2.05) is 0 Å². The predicted molar refractivity (Wildman–Crippen MR) is 81.8 cm³/mol. The second-order valence-electron chi connectivity index (χ2n) is 6.16. The van der Waals surface area contributed by atoms with Crippen LogP contribution in [0.4, 0.5) is 0 Å². The number of rotatable bonds is 3. The zero-order valence-corrected chi connectivity index (χ0v) is 12.5. The first-order chi connectivity index (χ1) is 11.1. The third-order valence-corrected chi connectivity index (χ3v) is 4.97. The summed E-state index contributed by atoms with van der Waals surface area (Å²) in [6, 6.07) is 4.71. The van der Waals surface area contributed by atoms with Crippen LogP contribution in [0.5, 0.6) is 11.5 Å². The van der Waals surface area contributed by atoms with Gasteiger partial charge in [-0.05, 0) is 42.0 Å². The van der Waals surface area contributed by atoms with E-state index in [2.05, 4.69) is 17.3 Å². The van der Waals surface area contributed by atoms with Gasteiger partial charge in [0.15, 0.2) is 11.5 Å². The summed E-state index contributed by atoms with van der Waals surface area (Å²) in [4.78, 5) is 25.0. The Morgan fingerprint density at radius 3 is 2.48 bits per heavy atom. The van der Waals surface area contributed by atoms with Crippen molar-refractivity contribution in [2.24, 2.45) is 28.8 Å². The van der Waals surface area contributed by atoms with E-state index < -0.39 is 0 Å². The van der Waals surface area contributed by atoms with E-state index in [4.69, 9.17) is 4.74 Å². The van der Waals surface area contributed by atoms with Gasteiger partial charge in [-0.1, -0.05) is 12.2 Å². The number of carbonyl (C=O) groups is 2. The molecular formula is C17H16N2O4. The fourth-order valence-electron chi connectivity index (χ4n) is 3.90. The van der Waals surface area contributed by atoms with E-state index >= 15 is 0 Å². The van der Waals surface area contributed by atoms with E-state index in [0.717, 1.165) is 11.4 Å². The van der Waals surface area contributed by atoms with Gasteiger partial charge in [0.25, 0.3) is 11.8 Å². The first-order valence-electron chi connectivity index (χ1n) is 7.57. The Morgan fingerprint density at radius 2 is 1.87 bits per heavy atom. The number of nitrogens with zero attached hydrogens (tertiary/aromatic N) is 2. The van der Waals surface area contributed by atoms with Crippen molar-refractivity contribution in [2.45, 2.75) is 6.42 Å². The Morgan fingerprint density at radius 1 is 1.22 bits per heavy atom. The number of carbonyl (C=O) groups excluding carboxylic acids is 2. The highest BCUT2D eigenvalue weighted by molar-refractivity contribution is 6.06. The van der Waals surface area contributed by atoms with Gasteiger partial charge in [-0.2, -0.15) is 10.1 Å². The van der Waals surface area contributed by atoms with Gasteiger partial charge < -0.3 is 9.84 Å². The number of benzene rings is 1. The molecular weight excluding hydrogens is 296 g/mol. The summed E-state index contributed by atoms with van der Waals surface area (Å²) in [6.45, 7) is 0. The van der Waals surface area contributed by atoms with Crippen LogP contribution in [0.25, 0.3) is 0 Å². The molecule has 1 aromatic carbocycles. The van der Waals surface area contributed by atoms with Crippen molar-refractivity contribution >= 4 is 18.0 Å². The van der Waals surface area contributed by atoms with Crippen LogP contribution >= 0.6 is 0 Å². The molecule has 2 bridgehead atoms. The van der Waals surface area contributed by atoms with Gasteiger partial charge in [-0.15, -0.1) is 0 Å². The van der Waals surface area contributed by atoms with Crippen LogP contribution in [0.15, 0.2) is 35.5 Å². The van der Waals surface area contributed by atoms with Crippen molar-refractivity contribution in [3.05, 3.63) is 35.9 Å². The summed E-state index contributed by atoms with van der Waals surface area (Å²) < 4.78 is 5.03. The molecule has 2 fully saturated rings. The second kappa shape index (κ2) is 4.94. The highest BCUT2D eigenvalue weighted by atomic mass is 16.5. The molecule has 1 aliphatic heterocycles. The van der Waals surface area contributed by atoms with Gasteiger partial charge in [-0.3, -0.25) is 9.59 Å². The smallest absolute Gasteiger partial charge is 0.254 e. The third kappa shape index (κ3) is 1.98. The maximum Gasteiger partial charge on any atom is 0.254 e. The summed E-state index contributed by atoms with van der Waals surface area (Å²) in [7, 11) is 1.45. The van der Waals surface area contributed by atoms with Crippen LogP contribution in [0, 0.1) is 23.7 Å². The molecule has 3 aliphatic rings. The SMILES string of the molecule is COc1cc(/C=N/N2C(=O)C3C4C=CC(C4)C3C2=O)ccc1O. The second-order valence-corrected chi connectivity index (χ2v) is 6.16. The first-order valence-corrected chi connectivity index (χ1v) is 7.57. The molecule has 4 atom stereocenters. The topological polar surface area (TPSA) is 79.2 Å². The number of methoxy groups -OCH3 is 1. The van der Waals surface area contributed by atoms with Crippen LogP contribution in [-0.2, 0) is 9.59 Å². The molecule has 6 heteroatoms. The van der Waals surface area contributed by atoms with Crippen LogP contribution in [0.3, 0.4) is 0 Å². The van der Waals surface area contributed by atoms with E-state index in [1.54, 1.807) is 12.1 Å². The molecule has 1 saturated carbocycles. The Balaban J connectivity index is 1.58. The van der Waals surface area contributed by atoms with Gasteiger partial charge in [0.1, 0.15) is 0 Å². The number of allylic oxidation sites excluding steroid dienone is 2. The fourth-order valence-corrected chi connectivity index (χ4v) is 3.90. The average Bonchev–Trinajstić information content (AvgIpc) is 3.22. The maximum absolute atomic E-state index is 12.5. The lowest BCUT2D eigenvalue weighted by Gasteiger charge is -2.13. The number of phenolic OH excluding ortho intramolecular Hbond substituents is 1. The van der Waals surface area contributed by atoms with Crippen molar-refractivity contribution in [2.75, 3.05) is 7.11 Å². The lowest BCUT2D eigenvalue weighted by atomic mass is 9.85. The lowest BCUT2D eigenvalue weighted by Crippen LogP contribution is -2.28. The van der Waals surface area contributed by atoms with Gasteiger partial charge in [0.05, 0.1) is 25.2 Å². The van der Waals surface area contributed by atoms with Crippen LogP contribution < -0.4 is 4.74 Å². The molecule has 2 aliphatic carbocycles. The molecule has 2 amide bonds. The minimum Gasteiger partial charge on any atom is -0.504 e. The highest BCUT2D eigenvalue weighted by Crippen LogP contribution is 2.52. The Hall–Kier alpha value is -2.63. The van der Waals surface area contributed by atoms with Gasteiger partial charge >= 0.3 is 0 Å². The van der Waals surface area contributed by atoms with E-state index in [9.17, 15) is 14.7 Å². The molecule has 1 aromatic rings. The minimum absolute atomic E-state index is 0.0233. The standard InChI is InChI=1S/C17H16N2O4/c1-23-13-6-9(2-5-12(13)20)8-18-19-16(21)14-10-3-4-11(7-10)15(14)17(19)22/h2-6,8,10-11,14-15,20H,7H2,1H3/b18-8+. The molecule has 1 N–H and O–H groups in total. The number of imide groups is 1. The quantitative estimate of drug-likeness (QED) is 0.522. The molecule has 4 unspecified atom stereocenters. The minimum atomic E-state index is -0.246. The molecule has 1 saturated heterocycles. The fraction of sp³-hybridized carbons (Fsp3) is 0.353. The van der Waals surface area contributed by atoms with Crippen molar-refractivity contribution in [3.63, 3.8) is 0 Å². The number of hydrogen-bond donors (Lipinski definition) is 1. The number of ether oxygens (including phenoxy) is 1. The Kier molecular flexibility index (Phi) is 3.01. The molecule has 1 heterocycles.